The molecule has 0 amide bonds. The van der Waals surface area contributed by atoms with Crippen LogP contribution in [0.1, 0.15) is 27.5 Å². The third-order valence-electron chi connectivity index (χ3n) is 5.15. The standard InChI is InChI=1S/C21H20ClN5O4S2/c1-27-16-8-4-2-6-13(16)18(14-7-3-5-9-17(14)33(27,30)31)24-21(32)26-25-19-15(22)10-12(11-23-19)20(28)29/h2-11,18,30-31H,1H3,(H,23,25)(H,28,29)(H2,24,26,32). The van der Waals surface area contributed by atoms with Crippen LogP contribution in [0.4, 0.5) is 11.5 Å². The Labute approximate surface area is 201 Å². The van der Waals surface area contributed by atoms with Crippen molar-refractivity contribution in [1.29, 1.82) is 0 Å². The van der Waals surface area contributed by atoms with Gasteiger partial charge in [-0.3, -0.25) is 24.3 Å². The predicted octanol–water partition coefficient (Wildman–Crippen LogP) is 4.49. The number of nitrogens with zero attached hydrogens (tertiary/aromatic N) is 2. The second kappa shape index (κ2) is 9.04. The monoisotopic (exact) mass is 505 g/mol. The first-order chi connectivity index (χ1) is 15.7. The lowest BCUT2D eigenvalue weighted by atomic mass is 9.97. The number of carboxylic acid groups (broad SMARTS) is 1. The van der Waals surface area contributed by atoms with E-state index >= 15 is 0 Å². The van der Waals surface area contributed by atoms with Crippen molar-refractivity contribution in [1.82, 2.24) is 15.7 Å². The van der Waals surface area contributed by atoms with Gasteiger partial charge in [0.1, 0.15) is 0 Å². The van der Waals surface area contributed by atoms with Crippen LogP contribution >= 0.6 is 34.6 Å². The van der Waals surface area contributed by atoms with Gasteiger partial charge in [0.25, 0.3) is 0 Å². The van der Waals surface area contributed by atoms with Crippen LogP contribution in [0.5, 0.6) is 0 Å². The van der Waals surface area contributed by atoms with Gasteiger partial charge in [-0.25, -0.2) is 9.78 Å². The highest BCUT2D eigenvalue weighted by Gasteiger charge is 2.35. The first kappa shape index (κ1) is 23.1. The number of benzene rings is 2. The summed E-state index contributed by atoms with van der Waals surface area (Å²) >= 11 is 11.6. The molecular formula is C21H20ClN5O4S2. The fourth-order valence-corrected chi connectivity index (χ4v) is 5.41. The molecule has 0 bridgehead atoms. The van der Waals surface area contributed by atoms with E-state index in [9.17, 15) is 13.9 Å². The van der Waals surface area contributed by atoms with Crippen LogP contribution in [0, 0.1) is 0 Å². The van der Waals surface area contributed by atoms with Gasteiger partial charge >= 0.3 is 5.97 Å². The van der Waals surface area contributed by atoms with Crippen LogP contribution in [0.2, 0.25) is 5.02 Å². The van der Waals surface area contributed by atoms with Crippen LogP contribution in [0.25, 0.3) is 0 Å². The van der Waals surface area contributed by atoms with Crippen molar-refractivity contribution in [2.45, 2.75) is 10.9 Å². The van der Waals surface area contributed by atoms with Crippen LogP contribution < -0.4 is 20.5 Å². The van der Waals surface area contributed by atoms with Gasteiger partial charge in [0.2, 0.25) is 0 Å². The Hall–Kier alpha value is -3.09. The molecule has 1 unspecified atom stereocenters. The molecule has 9 nitrogen and oxygen atoms in total. The summed E-state index contributed by atoms with van der Waals surface area (Å²) in [6.45, 7) is 0. The average molecular weight is 506 g/mol. The van der Waals surface area contributed by atoms with Gasteiger partial charge in [-0.05, 0) is 30.4 Å². The average Bonchev–Trinajstić information content (AvgIpc) is 2.87. The van der Waals surface area contributed by atoms with Crippen molar-refractivity contribution in [3.63, 3.8) is 0 Å². The van der Waals surface area contributed by atoms with Crippen LogP contribution in [-0.2, 0) is 0 Å². The molecular weight excluding hydrogens is 486 g/mol. The summed E-state index contributed by atoms with van der Waals surface area (Å²) in [6, 6.07) is 15.2. The van der Waals surface area contributed by atoms with E-state index in [4.69, 9.17) is 28.9 Å². The molecule has 0 radical (unpaired) electrons. The molecule has 2 heterocycles. The number of anilines is 2. The van der Waals surface area contributed by atoms with Crippen molar-refractivity contribution in [2.75, 3.05) is 16.8 Å². The molecule has 33 heavy (non-hydrogen) atoms. The summed E-state index contributed by atoms with van der Waals surface area (Å²) in [6.07, 6.45) is 1.17. The van der Waals surface area contributed by atoms with Crippen molar-refractivity contribution in [3.8, 4) is 0 Å². The van der Waals surface area contributed by atoms with Gasteiger partial charge in [-0.1, -0.05) is 58.8 Å². The maximum Gasteiger partial charge on any atom is 0.337 e. The Morgan fingerprint density at radius 2 is 1.82 bits per heavy atom. The first-order valence-electron chi connectivity index (χ1n) is 9.61. The van der Waals surface area contributed by atoms with E-state index in [1.807, 2.05) is 36.4 Å². The lowest BCUT2D eigenvalue weighted by Crippen LogP contribution is -2.41. The smallest absolute Gasteiger partial charge is 0.337 e. The normalized spacial score (nSPS) is 17.1. The van der Waals surface area contributed by atoms with Crippen LogP contribution in [0.3, 0.4) is 0 Å². The number of hydrogen-bond acceptors (Lipinski definition) is 7. The molecule has 1 aliphatic heterocycles. The molecule has 0 spiro atoms. The molecule has 0 saturated carbocycles. The highest BCUT2D eigenvalue weighted by Crippen LogP contribution is 2.58. The Morgan fingerprint density at radius 1 is 1.15 bits per heavy atom. The van der Waals surface area contributed by atoms with Gasteiger partial charge < -0.3 is 10.4 Å². The van der Waals surface area contributed by atoms with E-state index in [0.29, 0.717) is 16.1 Å². The molecule has 1 aliphatic rings. The molecule has 0 fully saturated rings. The molecule has 0 aliphatic carbocycles. The summed E-state index contributed by atoms with van der Waals surface area (Å²) in [5, 5.41) is 12.5. The fraction of sp³-hybridized carbons (Fsp3) is 0.0952. The Bertz CT molecular complexity index is 1240. The molecule has 3 aromatic rings. The number of hydrogen-bond donors (Lipinski definition) is 6. The highest BCUT2D eigenvalue weighted by atomic mass is 35.5. The van der Waals surface area contributed by atoms with Crippen molar-refractivity contribution >= 4 is 57.2 Å². The second-order valence-corrected chi connectivity index (χ2v) is 9.97. The third kappa shape index (κ3) is 4.41. The zero-order valence-electron chi connectivity index (χ0n) is 17.2. The number of aromatic carboxylic acids is 1. The molecule has 12 heteroatoms. The van der Waals surface area contributed by atoms with Gasteiger partial charge in [-0.2, -0.15) is 0 Å². The lowest BCUT2D eigenvalue weighted by molar-refractivity contribution is 0.0696. The number of nitrogens with one attached hydrogen (secondary N) is 3. The van der Waals surface area contributed by atoms with Crippen molar-refractivity contribution in [3.05, 3.63) is 82.5 Å². The minimum atomic E-state index is -3.27. The Balaban J connectivity index is 1.62. The zero-order chi connectivity index (χ0) is 23.8. The minimum Gasteiger partial charge on any atom is -0.478 e. The number of fused-ring (bicyclic) bond motifs is 2. The molecule has 1 aromatic heterocycles. The summed E-state index contributed by atoms with van der Waals surface area (Å²) in [4.78, 5) is 15.4. The summed E-state index contributed by atoms with van der Waals surface area (Å²) in [5.41, 5.74) is 7.63. The maximum absolute atomic E-state index is 11.0. The number of rotatable bonds is 4. The number of carbonyl (C=O) groups is 1. The molecule has 0 saturated heterocycles. The van der Waals surface area contributed by atoms with Crippen molar-refractivity contribution < 1.29 is 19.0 Å². The number of halogens is 1. The third-order valence-corrected chi connectivity index (χ3v) is 7.58. The largest absolute Gasteiger partial charge is 0.478 e. The molecule has 4 rings (SSSR count). The van der Waals surface area contributed by atoms with Gasteiger partial charge in [-0.15, -0.1) is 0 Å². The minimum absolute atomic E-state index is 0.0407. The number of hydrazine groups is 1. The number of carboxylic acids is 1. The second-order valence-electron chi connectivity index (χ2n) is 7.13. The van der Waals surface area contributed by atoms with Crippen LogP contribution in [-0.4, -0.2) is 37.3 Å². The number of para-hydroxylation sites is 1. The maximum atomic E-state index is 11.0. The molecule has 6 N–H and O–H groups in total. The summed E-state index contributed by atoms with van der Waals surface area (Å²) in [5.74, 6) is -0.941. The topological polar surface area (TPSA) is 130 Å². The van der Waals surface area contributed by atoms with E-state index < -0.39 is 22.8 Å². The Kier molecular flexibility index (Phi) is 6.32. The number of pyridine rings is 1. The van der Waals surface area contributed by atoms with Gasteiger partial charge in [0.15, 0.2) is 10.9 Å². The van der Waals surface area contributed by atoms with E-state index in [2.05, 4.69) is 21.2 Å². The zero-order valence-corrected chi connectivity index (χ0v) is 19.6. The quantitative estimate of drug-likeness (QED) is 0.223. The fourth-order valence-electron chi connectivity index (χ4n) is 3.52. The molecule has 1 atom stereocenters. The van der Waals surface area contributed by atoms with Gasteiger partial charge in [0.05, 0.1) is 27.2 Å². The van der Waals surface area contributed by atoms with Crippen molar-refractivity contribution in [2.24, 2.45) is 0 Å². The summed E-state index contributed by atoms with van der Waals surface area (Å²) < 4.78 is 23.5. The SMILES string of the molecule is CN1c2ccccc2C(NC(=S)NNc2ncc(C(=O)O)cc2Cl)c2ccccc2S1(O)O. The van der Waals surface area contributed by atoms with E-state index in [1.54, 1.807) is 19.2 Å². The predicted molar refractivity (Wildman–Crippen MR) is 133 cm³/mol. The first-order valence-corrected chi connectivity index (χ1v) is 11.9. The molecule has 172 valence electrons. The van der Waals surface area contributed by atoms with E-state index in [1.165, 1.54) is 16.6 Å². The number of thiocarbonyl (C=S) groups is 1. The lowest BCUT2D eigenvalue weighted by Gasteiger charge is -2.41. The van der Waals surface area contributed by atoms with E-state index in [0.717, 1.165) is 5.56 Å². The Morgan fingerprint density at radius 3 is 2.52 bits per heavy atom. The highest BCUT2D eigenvalue weighted by molar-refractivity contribution is 8.25. The number of aromatic nitrogens is 1. The summed E-state index contributed by atoms with van der Waals surface area (Å²) in [7, 11) is -1.63. The van der Waals surface area contributed by atoms with Gasteiger partial charge in [0, 0.05) is 24.4 Å². The van der Waals surface area contributed by atoms with Crippen LogP contribution in [0.15, 0.2) is 65.7 Å². The van der Waals surface area contributed by atoms with E-state index in [-0.39, 0.29) is 21.5 Å². The molecule has 2 aromatic carbocycles.